The predicted octanol–water partition coefficient (Wildman–Crippen LogP) is 4.93. The van der Waals surface area contributed by atoms with Crippen molar-refractivity contribution in [2.75, 3.05) is 31.7 Å². The van der Waals surface area contributed by atoms with Crippen LogP contribution in [0.5, 0.6) is 5.75 Å². The lowest BCUT2D eigenvalue weighted by molar-refractivity contribution is -0.138. The van der Waals surface area contributed by atoms with Gasteiger partial charge in [-0.1, -0.05) is 65.9 Å². The minimum absolute atomic E-state index is 0.201. The highest BCUT2D eigenvalue weighted by Gasteiger charge is 2.35. The largest absolute Gasteiger partial charge is 0.497 e. The van der Waals surface area contributed by atoms with Gasteiger partial charge in [-0.2, -0.15) is 0 Å². The zero-order chi connectivity index (χ0) is 29.1. The average molecular weight is 580 g/mol. The third-order valence-corrected chi connectivity index (χ3v) is 8.68. The molecule has 0 aliphatic carbocycles. The monoisotopic (exact) mass is 579 g/mol. The van der Waals surface area contributed by atoms with Crippen LogP contribution in [0.15, 0.2) is 94.2 Å². The van der Waals surface area contributed by atoms with Gasteiger partial charge in [0, 0.05) is 24.3 Å². The van der Waals surface area contributed by atoms with Gasteiger partial charge in [0.25, 0.3) is 5.56 Å². The van der Waals surface area contributed by atoms with E-state index in [1.165, 1.54) is 36.3 Å². The van der Waals surface area contributed by atoms with Gasteiger partial charge in [-0.05, 0) is 67.7 Å². The molecule has 214 valence electrons. The van der Waals surface area contributed by atoms with E-state index < -0.39 is 12.0 Å². The number of fused-ring (bicyclic) bond motifs is 1. The number of benzene rings is 3. The molecule has 6 rings (SSSR count). The maximum atomic E-state index is 14.1. The van der Waals surface area contributed by atoms with E-state index in [9.17, 15) is 9.59 Å². The van der Waals surface area contributed by atoms with Crippen molar-refractivity contribution in [2.24, 2.45) is 4.99 Å². The number of piperidine rings is 1. The van der Waals surface area contributed by atoms with E-state index in [-0.39, 0.29) is 12.2 Å². The molecule has 2 aliphatic rings. The smallest absolute Gasteiger partial charge is 0.338 e. The maximum Gasteiger partial charge on any atom is 0.338 e. The van der Waals surface area contributed by atoms with Crippen LogP contribution in [0.2, 0.25) is 0 Å². The molecule has 4 aromatic rings. The minimum Gasteiger partial charge on any atom is -0.497 e. The van der Waals surface area contributed by atoms with Crippen LogP contribution in [0, 0.1) is 0 Å². The third kappa shape index (κ3) is 5.42. The van der Waals surface area contributed by atoms with E-state index in [1.54, 1.807) is 18.6 Å². The Hall–Kier alpha value is -4.43. The Morgan fingerprint density at radius 1 is 1.00 bits per heavy atom. The van der Waals surface area contributed by atoms with Gasteiger partial charge in [0.15, 0.2) is 4.80 Å². The van der Waals surface area contributed by atoms with E-state index in [1.807, 2.05) is 60.7 Å². The van der Waals surface area contributed by atoms with E-state index in [0.29, 0.717) is 26.4 Å². The van der Waals surface area contributed by atoms with E-state index in [2.05, 4.69) is 29.2 Å². The normalized spacial score (nSPS) is 17.0. The summed E-state index contributed by atoms with van der Waals surface area (Å²) in [4.78, 5) is 35.6. The SMILES string of the molecule is CCOC(=O)C1=C(c2ccccc2)N=c2s/c(=C/c3ccc(N4CCCCC4)cc3)c(=O)n2[C@H]1c1cccc(OC)c1. The first-order chi connectivity index (χ1) is 20.6. The minimum atomic E-state index is -0.741. The summed E-state index contributed by atoms with van der Waals surface area (Å²) in [6, 6.07) is 24.6. The molecular formula is C34H33N3O4S. The van der Waals surface area contributed by atoms with Crippen molar-refractivity contribution in [3.8, 4) is 5.75 Å². The number of ether oxygens (including phenoxy) is 2. The van der Waals surface area contributed by atoms with Crippen LogP contribution < -0.4 is 24.5 Å². The number of nitrogens with zero attached hydrogens (tertiary/aromatic N) is 3. The first-order valence-corrected chi connectivity index (χ1v) is 15.2. The standard InChI is InChI=1S/C34H33N3O4S/c1-3-41-33(39)29-30(24-11-6-4-7-12-24)35-34-37(31(29)25-13-10-14-27(22-25)40-2)32(38)28(42-34)21-23-15-17-26(18-16-23)36-19-8-5-9-20-36/h4,6-7,10-18,21-22,31H,3,5,8-9,19-20H2,1-2H3/b28-21+/t31-/m0/s1. The zero-order valence-corrected chi connectivity index (χ0v) is 24.6. The lowest BCUT2D eigenvalue weighted by Gasteiger charge is -2.28. The van der Waals surface area contributed by atoms with Gasteiger partial charge in [-0.25, -0.2) is 9.79 Å². The van der Waals surface area contributed by atoms with Crippen LogP contribution >= 0.6 is 11.3 Å². The molecule has 7 nitrogen and oxygen atoms in total. The van der Waals surface area contributed by atoms with Gasteiger partial charge < -0.3 is 14.4 Å². The number of methoxy groups -OCH3 is 1. The van der Waals surface area contributed by atoms with Crippen molar-refractivity contribution < 1.29 is 14.3 Å². The molecule has 3 aromatic carbocycles. The lowest BCUT2D eigenvalue weighted by atomic mass is 9.93. The summed E-state index contributed by atoms with van der Waals surface area (Å²) in [7, 11) is 1.60. The Labute approximate surface area is 248 Å². The molecule has 1 atom stereocenters. The van der Waals surface area contributed by atoms with Crippen LogP contribution in [0.1, 0.15) is 48.9 Å². The molecule has 42 heavy (non-hydrogen) atoms. The molecule has 0 amide bonds. The van der Waals surface area contributed by atoms with E-state index in [0.717, 1.165) is 29.8 Å². The quantitative estimate of drug-likeness (QED) is 0.290. The second-order valence-electron chi connectivity index (χ2n) is 10.3. The molecule has 0 bridgehead atoms. The van der Waals surface area contributed by atoms with Crippen molar-refractivity contribution in [3.63, 3.8) is 0 Å². The topological polar surface area (TPSA) is 73.1 Å². The van der Waals surface area contributed by atoms with Crippen molar-refractivity contribution >= 4 is 34.8 Å². The van der Waals surface area contributed by atoms with Crippen LogP contribution in [0.4, 0.5) is 5.69 Å². The van der Waals surface area contributed by atoms with Gasteiger partial charge in [-0.3, -0.25) is 9.36 Å². The summed E-state index contributed by atoms with van der Waals surface area (Å²) in [5, 5.41) is 0. The summed E-state index contributed by atoms with van der Waals surface area (Å²) in [6.07, 6.45) is 5.63. The van der Waals surface area contributed by atoms with Crippen molar-refractivity contribution in [2.45, 2.75) is 32.2 Å². The number of anilines is 1. The second kappa shape index (κ2) is 12.2. The summed E-state index contributed by atoms with van der Waals surface area (Å²) < 4.78 is 13.2. The molecule has 8 heteroatoms. The number of rotatable bonds is 7. The lowest BCUT2D eigenvalue weighted by Crippen LogP contribution is -2.40. The number of carbonyl (C=O) groups is 1. The second-order valence-corrected chi connectivity index (χ2v) is 11.4. The Morgan fingerprint density at radius 2 is 1.76 bits per heavy atom. The molecule has 0 N–H and O–H groups in total. The molecule has 2 aliphatic heterocycles. The van der Waals surface area contributed by atoms with Crippen LogP contribution in [0.3, 0.4) is 0 Å². The average Bonchev–Trinajstić information content (AvgIpc) is 3.35. The highest BCUT2D eigenvalue weighted by Crippen LogP contribution is 2.36. The van der Waals surface area contributed by atoms with Gasteiger partial charge in [0.1, 0.15) is 5.75 Å². The van der Waals surface area contributed by atoms with Crippen LogP contribution in [-0.4, -0.2) is 37.3 Å². The van der Waals surface area contributed by atoms with Gasteiger partial charge in [-0.15, -0.1) is 0 Å². The number of esters is 1. The summed E-state index contributed by atoms with van der Waals surface area (Å²) in [5.74, 6) is 0.125. The highest BCUT2D eigenvalue weighted by atomic mass is 32.1. The molecule has 0 spiro atoms. The number of carbonyl (C=O) groups excluding carboxylic acids is 1. The third-order valence-electron chi connectivity index (χ3n) is 7.70. The highest BCUT2D eigenvalue weighted by molar-refractivity contribution is 7.07. The fourth-order valence-electron chi connectivity index (χ4n) is 5.65. The van der Waals surface area contributed by atoms with Gasteiger partial charge in [0.2, 0.25) is 0 Å². The molecule has 0 saturated carbocycles. The Bertz CT molecular complexity index is 1800. The fraction of sp³-hybridized carbons (Fsp3) is 0.265. The number of thiazole rings is 1. The molecule has 3 heterocycles. The van der Waals surface area contributed by atoms with Crippen LogP contribution in [0.25, 0.3) is 11.8 Å². The maximum absolute atomic E-state index is 14.1. The summed E-state index contributed by atoms with van der Waals surface area (Å²) >= 11 is 1.32. The fourth-order valence-corrected chi connectivity index (χ4v) is 6.65. The molecule has 1 saturated heterocycles. The first-order valence-electron chi connectivity index (χ1n) is 14.3. The zero-order valence-electron chi connectivity index (χ0n) is 23.8. The van der Waals surface area contributed by atoms with Gasteiger partial charge in [0.05, 0.1) is 35.6 Å². The molecule has 0 unspecified atom stereocenters. The van der Waals surface area contributed by atoms with Crippen molar-refractivity contribution in [3.05, 3.63) is 121 Å². The van der Waals surface area contributed by atoms with E-state index in [4.69, 9.17) is 14.5 Å². The Morgan fingerprint density at radius 3 is 2.48 bits per heavy atom. The number of aromatic nitrogens is 1. The van der Waals surface area contributed by atoms with Gasteiger partial charge >= 0.3 is 5.97 Å². The Balaban J connectivity index is 1.53. The number of hydrogen-bond donors (Lipinski definition) is 0. The Kier molecular flexibility index (Phi) is 8.06. The molecular weight excluding hydrogens is 546 g/mol. The molecule has 0 radical (unpaired) electrons. The van der Waals surface area contributed by atoms with Crippen molar-refractivity contribution in [1.82, 2.24) is 4.57 Å². The summed E-state index contributed by atoms with van der Waals surface area (Å²) in [5.41, 5.74) is 4.27. The molecule has 1 aromatic heterocycles. The van der Waals surface area contributed by atoms with Crippen molar-refractivity contribution in [1.29, 1.82) is 0 Å². The first kappa shape index (κ1) is 27.7. The molecule has 1 fully saturated rings. The van der Waals surface area contributed by atoms with E-state index >= 15 is 0 Å². The van der Waals surface area contributed by atoms with Crippen LogP contribution in [-0.2, 0) is 9.53 Å². The predicted molar refractivity (Wildman–Crippen MR) is 167 cm³/mol. The summed E-state index contributed by atoms with van der Waals surface area (Å²) in [6.45, 7) is 4.13. The number of hydrogen-bond acceptors (Lipinski definition) is 7.